The molecule has 0 saturated carbocycles. The SMILES string of the molecule is COc1ccccc1C(=O)CS(=O)c1cc(F)ccc1F. The highest BCUT2D eigenvalue weighted by Gasteiger charge is 2.18. The first-order chi connectivity index (χ1) is 10.0. The van der Waals surface area contributed by atoms with Crippen LogP contribution in [0, 0.1) is 11.6 Å². The van der Waals surface area contributed by atoms with Crippen LogP contribution in [0.1, 0.15) is 10.4 Å². The molecule has 0 heterocycles. The minimum Gasteiger partial charge on any atom is -0.496 e. The molecule has 0 aromatic heterocycles. The number of ketones is 1. The van der Waals surface area contributed by atoms with Crippen LogP contribution in [0.4, 0.5) is 8.78 Å². The van der Waals surface area contributed by atoms with E-state index in [1.165, 1.54) is 13.2 Å². The number of ether oxygens (including phenoxy) is 1. The molecule has 110 valence electrons. The largest absolute Gasteiger partial charge is 0.496 e. The second kappa shape index (κ2) is 6.58. The number of hydrogen-bond acceptors (Lipinski definition) is 3. The molecule has 1 atom stereocenters. The lowest BCUT2D eigenvalue weighted by molar-refractivity contribution is 0.101. The number of hydrogen-bond donors (Lipinski definition) is 0. The van der Waals surface area contributed by atoms with Crippen molar-refractivity contribution < 1.29 is 22.5 Å². The Morgan fingerprint density at radius 2 is 1.90 bits per heavy atom. The maximum absolute atomic E-state index is 13.5. The lowest BCUT2D eigenvalue weighted by Gasteiger charge is -2.07. The summed E-state index contributed by atoms with van der Waals surface area (Å²) >= 11 is 0. The fraction of sp³-hybridized carbons (Fsp3) is 0.133. The fourth-order valence-corrected chi connectivity index (χ4v) is 2.88. The van der Waals surface area contributed by atoms with Crippen LogP contribution in [0.2, 0.25) is 0 Å². The number of Topliss-reactive ketones (excluding diaryl/α,β-unsaturated/α-hetero) is 1. The minimum absolute atomic E-state index is 0.255. The Bertz CT molecular complexity index is 701. The van der Waals surface area contributed by atoms with Gasteiger partial charge in [0.1, 0.15) is 17.4 Å². The Morgan fingerprint density at radius 1 is 1.19 bits per heavy atom. The first-order valence-corrected chi connectivity index (χ1v) is 7.34. The molecule has 0 aliphatic carbocycles. The highest BCUT2D eigenvalue weighted by atomic mass is 32.2. The van der Waals surface area contributed by atoms with E-state index in [9.17, 15) is 17.8 Å². The predicted molar refractivity (Wildman–Crippen MR) is 75.0 cm³/mol. The van der Waals surface area contributed by atoms with Crippen molar-refractivity contribution in [3.8, 4) is 5.75 Å². The van der Waals surface area contributed by atoms with Crippen LogP contribution < -0.4 is 4.74 Å². The molecule has 3 nitrogen and oxygen atoms in total. The molecule has 0 fully saturated rings. The summed E-state index contributed by atoms with van der Waals surface area (Å²) in [7, 11) is -0.554. The average molecular weight is 310 g/mol. The highest BCUT2D eigenvalue weighted by molar-refractivity contribution is 7.85. The maximum atomic E-state index is 13.5. The molecule has 0 amide bonds. The van der Waals surface area contributed by atoms with E-state index >= 15 is 0 Å². The molecule has 2 rings (SSSR count). The quantitative estimate of drug-likeness (QED) is 0.798. The molecular weight excluding hydrogens is 298 g/mol. The molecule has 0 saturated heterocycles. The van der Waals surface area contributed by atoms with Gasteiger partial charge in [0.05, 0.1) is 34.1 Å². The molecule has 6 heteroatoms. The Morgan fingerprint density at radius 3 is 2.62 bits per heavy atom. The summed E-state index contributed by atoms with van der Waals surface area (Å²) in [5, 5.41) is 0. The van der Waals surface area contributed by atoms with Crippen LogP contribution in [-0.4, -0.2) is 22.9 Å². The van der Waals surface area contributed by atoms with E-state index in [-0.39, 0.29) is 10.5 Å². The molecule has 0 spiro atoms. The molecule has 0 aliphatic rings. The zero-order valence-electron chi connectivity index (χ0n) is 11.1. The average Bonchev–Trinajstić information content (AvgIpc) is 2.49. The minimum atomic E-state index is -1.97. The number of rotatable bonds is 5. The van der Waals surface area contributed by atoms with Crippen LogP contribution in [0.3, 0.4) is 0 Å². The summed E-state index contributed by atoms with van der Waals surface area (Å²) < 4.78 is 43.7. The van der Waals surface area contributed by atoms with Gasteiger partial charge in [0, 0.05) is 0 Å². The summed E-state index contributed by atoms with van der Waals surface area (Å²) in [5.74, 6) is -2.07. The third kappa shape index (κ3) is 3.52. The molecule has 0 bridgehead atoms. The number of carbonyl (C=O) groups excluding carboxylic acids is 1. The summed E-state index contributed by atoms with van der Waals surface area (Å²) in [6.45, 7) is 0. The van der Waals surface area contributed by atoms with Crippen molar-refractivity contribution in [2.75, 3.05) is 12.9 Å². The van der Waals surface area contributed by atoms with E-state index < -0.39 is 34.0 Å². The number of methoxy groups -OCH3 is 1. The smallest absolute Gasteiger partial charge is 0.179 e. The van der Waals surface area contributed by atoms with Gasteiger partial charge in [-0.15, -0.1) is 0 Å². The third-order valence-electron chi connectivity index (χ3n) is 2.81. The number of carbonyl (C=O) groups is 1. The van der Waals surface area contributed by atoms with Crippen LogP contribution in [0.25, 0.3) is 0 Å². The number of benzene rings is 2. The summed E-state index contributed by atoms with van der Waals surface area (Å²) in [5.41, 5.74) is 0.255. The van der Waals surface area contributed by atoms with Gasteiger partial charge in [-0.2, -0.15) is 0 Å². The van der Waals surface area contributed by atoms with Crippen molar-refractivity contribution in [3.63, 3.8) is 0 Å². The summed E-state index contributed by atoms with van der Waals surface area (Å²) in [4.78, 5) is 11.8. The van der Waals surface area contributed by atoms with Gasteiger partial charge in [-0.3, -0.25) is 9.00 Å². The van der Waals surface area contributed by atoms with Crippen LogP contribution >= 0.6 is 0 Å². The third-order valence-corrected chi connectivity index (χ3v) is 4.14. The number of para-hydroxylation sites is 1. The molecule has 0 aliphatic heterocycles. The van der Waals surface area contributed by atoms with Gasteiger partial charge in [-0.1, -0.05) is 12.1 Å². The van der Waals surface area contributed by atoms with Crippen LogP contribution in [0.15, 0.2) is 47.4 Å². The fourth-order valence-electron chi connectivity index (χ4n) is 1.80. The lowest BCUT2D eigenvalue weighted by Crippen LogP contribution is -2.13. The molecule has 21 heavy (non-hydrogen) atoms. The molecule has 2 aromatic rings. The Balaban J connectivity index is 2.23. The van der Waals surface area contributed by atoms with Crippen LogP contribution in [-0.2, 0) is 10.8 Å². The van der Waals surface area contributed by atoms with E-state index in [0.717, 1.165) is 18.2 Å². The maximum Gasteiger partial charge on any atom is 0.179 e. The standard InChI is InChI=1S/C15H12F2O3S/c1-20-14-5-3-2-4-11(14)13(18)9-21(19)15-8-10(16)6-7-12(15)17/h2-8H,9H2,1H3. The molecule has 0 radical (unpaired) electrons. The van der Waals surface area contributed by atoms with E-state index in [1.54, 1.807) is 18.2 Å². The summed E-state index contributed by atoms with van der Waals surface area (Å²) in [6, 6.07) is 9.11. The van der Waals surface area contributed by atoms with Crippen molar-refractivity contribution >= 4 is 16.6 Å². The van der Waals surface area contributed by atoms with Gasteiger partial charge in [0.15, 0.2) is 5.78 Å². The van der Waals surface area contributed by atoms with E-state index in [1.807, 2.05) is 0 Å². The van der Waals surface area contributed by atoms with Gasteiger partial charge < -0.3 is 4.74 Å². The Labute approximate surface area is 123 Å². The lowest BCUT2D eigenvalue weighted by atomic mass is 10.1. The second-order valence-corrected chi connectivity index (χ2v) is 5.61. The topological polar surface area (TPSA) is 43.4 Å². The first kappa shape index (κ1) is 15.3. The van der Waals surface area contributed by atoms with Gasteiger partial charge in [0.2, 0.25) is 0 Å². The van der Waals surface area contributed by atoms with E-state index in [0.29, 0.717) is 5.75 Å². The first-order valence-electron chi connectivity index (χ1n) is 6.02. The molecule has 1 unspecified atom stereocenters. The van der Waals surface area contributed by atoms with Crippen molar-refractivity contribution in [2.45, 2.75) is 4.90 Å². The zero-order valence-corrected chi connectivity index (χ0v) is 12.0. The van der Waals surface area contributed by atoms with Crippen LogP contribution in [0.5, 0.6) is 5.75 Å². The van der Waals surface area contributed by atoms with Gasteiger partial charge in [0.25, 0.3) is 0 Å². The Hall–Kier alpha value is -2.08. The van der Waals surface area contributed by atoms with Crippen molar-refractivity contribution in [3.05, 3.63) is 59.7 Å². The monoisotopic (exact) mass is 310 g/mol. The van der Waals surface area contributed by atoms with E-state index in [4.69, 9.17) is 4.74 Å². The highest BCUT2D eigenvalue weighted by Crippen LogP contribution is 2.20. The molecule has 0 N–H and O–H groups in total. The predicted octanol–water partition coefficient (Wildman–Crippen LogP) is 2.96. The molecular formula is C15H12F2O3S. The van der Waals surface area contributed by atoms with Gasteiger partial charge >= 0.3 is 0 Å². The summed E-state index contributed by atoms with van der Waals surface area (Å²) in [6.07, 6.45) is 0. The molecule has 2 aromatic carbocycles. The normalized spacial score (nSPS) is 12.0. The van der Waals surface area contributed by atoms with Crippen molar-refractivity contribution in [2.24, 2.45) is 0 Å². The van der Waals surface area contributed by atoms with Gasteiger partial charge in [-0.25, -0.2) is 8.78 Å². The zero-order chi connectivity index (χ0) is 15.4. The number of halogens is 2. The second-order valence-electron chi connectivity index (χ2n) is 4.19. The van der Waals surface area contributed by atoms with Crippen molar-refractivity contribution in [1.82, 2.24) is 0 Å². The van der Waals surface area contributed by atoms with Gasteiger partial charge in [-0.05, 0) is 30.3 Å². The Kier molecular flexibility index (Phi) is 4.80. The van der Waals surface area contributed by atoms with Crippen molar-refractivity contribution in [1.29, 1.82) is 0 Å². The van der Waals surface area contributed by atoms with E-state index in [2.05, 4.69) is 0 Å².